The van der Waals surface area contributed by atoms with Gasteiger partial charge in [0.25, 0.3) is 0 Å². The van der Waals surface area contributed by atoms with Gasteiger partial charge >= 0.3 is 5.97 Å². The van der Waals surface area contributed by atoms with Crippen molar-refractivity contribution in [2.24, 2.45) is 0 Å². The SMILES string of the molecule is C=CCCCN(CC(=O)O)C1CCN(S(=O)(=O)CC)CC1. The first kappa shape index (κ1) is 18.1. The highest BCUT2D eigenvalue weighted by atomic mass is 32.2. The number of sulfonamides is 1. The Morgan fingerprint density at radius 1 is 1.43 bits per heavy atom. The number of unbranched alkanes of at least 4 members (excludes halogenated alkanes) is 1. The third-order valence-electron chi connectivity index (χ3n) is 3.89. The van der Waals surface area contributed by atoms with Crippen LogP contribution < -0.4 is 0 Å². The summed E-state index contributed by atoms with van der Waals surface area (Å²) in [5.74, 6) is -0.715. The predicted octanol–water partition coefficient (Wildman–Crippen LogP) is 1.15. The van der Waals surface area contributed by atoms with Crippen molar-refractivity contribution < 1.29 is 18.3 Å². The van der Waals surface area contributed by atoms with E-state index in [-0.39, 0.29) is 18.3 Å². The molecule has 122 valence electrons. The van der Waals surface area contributed by atoms with E-state index in [4.69, 9.17) is 5.11 Å². The molecule has 0 aromatic heterocycles. The third kappa shape index (κ3) is 5.76. The number of carbonyl (C=O) groups is 1. The van der Waals surface area contributed by atoms with Crippen molar-refractivity contribution in [2.75, 3.05) is 31.9 Å². The number of carboxylic acids is 1. The van der Waals surface area contributed by atoms with Crippen LogP contribution in [0.5, 0.6) is 0 Å². The van der Waals surface area contributed by atoms with Gasteiger partial charge in [0, 0.05) is 19.1 Å². The summed E-state index contributed by atoms with van der Waals surface area (Å²) < 4.78 is 25.2. The maximum absolute atomic E-state index is 11.8. The lowest BCUT2D eigenvalue weighted by Gasteiger charge is -2.37. The lowest BCUT2D eigenvalue weighted by molar-refractivity contribution is -0.139. The fourth-order valence-electron chi connectivity index (χ4n) is 2.67. The zero-order chi connectivity index (χ0) is 15.9. The first-order chi connectivity index (χ1) is 9.90. The third-order valence-corrected chi connectivity index (χ3v) is 5.77. The summed E-state index contributed by atoms with van der Waals surface area (Å²) in [6.45, 7) is 7.01. The van der Waals surface area contributed by atoms with Crippen molar-refractivity contribution >= 4 is 16.0 Å². The average Bonchev–Trinajstić information content (AvgIpc) is 2.46. The van der Waals surface area contributed by atoms with Crippen molar-refractivity contribution in [2.45, 2.75) is 38.6 Å². The highest BCUT2D eigenvalue weighted by molar-refractivity contribution is 7.89. The van der Waals surface area contributed by atoms with E-state index in [1.165, 1.54) is 4.31 Å². The number of rotatable bonds is 9. The van der Waals surface area contributed by atoms with E-state index in [1.54, 1.807) is 6.92 Å². The van der Waals surface area contributed by atoms with E-state index in [9.17, 15) is 13.2 Å². The van der Waals surface area contributed by atoms with E-state index in [0.29, 0.717) is 32.5 Å². The summed E-state index contributed by atoms with van der Waals surface area (Å²) in [6.07, 6.45) is 4.96. The van der Waals surface area contributed by atoms with Crippen molar-refractivity contribution in [1.29, 1.82) is 0 Å². The molecule has 0 atom stereocenters. The Labute approximate surface area is 127 Å². The molecule has 0 amide bonds. The first-order valence-corrected chi connectivity index (χ1v) is 9.06. The summed E-state index contributed by atoms with van der Waals surface area (Å²) in [4.78, 5) is 12.9. The lowest BCUT2D eigenvalue weighted by Crippen LogP contribution is -2.48. The minimum atomic E-state index is -3.13. The van der Waals surface area contributed by atoms with Gasteiger partial charge < -0.3 is 5.11 Å². The zero-order valence-electron chi connectivity index (χ0n) is 12.7. The fourth-order valence-corrected chi connectivity index (χ4v) is 3.80. The molecule has 1 fully saturated rings. The highest BCUT2D eigenvalue weighted by Gasteiger charge is 2.30. The van der Waals surface area contributed by atoms with E-state index in [1.807, 2.05) is 11.0 Å². The van der Waals surface area contributed by atoms with Gasteiger partial charge in [0.05, 0.1) is 12.3 Å². The molecule has 1 aliphatic heterocycles. The Balaban J connectivity index is 2.57. The topological polar surface area (TPSA) is 77.9 Å². The largest absolute Gasteiger partial charge is 0.480 e. The summed E-state index contributed by atoms with van der Waals surface area (Å²) in [5.41, 5.74) is 0. The molecule has 0 aromatic carbocycles. The standard InChI is InChI=1S/C14H26N2O4S/c1-3-5-6-9-15(12-14(17)18)13-7-10-16(11-8-13)21(19,20)4-2/h3,13H,1,4-12H2,2H3,(H,17,18). The Hall–Kier alpha value is -0.920. The van der Waals surface area contributed by atoms with Gasteiger partial charge in [0.2, 0.25) is 10.0 Å². The van der Waals surface area contributed by atoms with Gasteiger partial charge in [-0.15, -0.1) is 6.58 Å². The molecule has 0 spiro atoms. The molecule has 0 radical (unpaired) electrons. The van der Waals surface area contributed by atoms with Gasteiger partial charge in [0.15, 0.2) is 0 Å². The Morgan fingerprint density at radius 3 is 2.52 bits per heavy atom. The van der Waals surface area contributed by atoms with Gasteiger partial charge in [-0.25, -0.2) is 12.7 Å². The molecule has 7 heteroatoms. The van der Waals surface area contributed by atoms with Crippen LogP contribution in [-0.2, 0) is 14.8 Å². The van der Waals surface area contributed by atoms with Gasteiger partial charge in [-0.3, -0.25) is 9.69 Å². The minimum Gasteiger partial charge on any atom is -0.480 e. The highest BCUT2D eigenvalue weighted by Crippen LogP contribution is 2.19. The fraction of sp³-hybridized carbons (Fsp3) is 0.786. The van der Waals surface area contributed by atoms with Gasteiger partial charge in [0.1, 0.15) is 0 Å². The van der Waals surface area contributed by atoms with E-state index in [2.05, 4.69) is 6.58 Å². The van der Waals surface area contributed by atoms with Crippen molar-refractivity contribution in [3.63, 3.8) is 0 Å². The Kier molecular flexibility index (Phi) is 7.34. The van der Waals surface area contributed by atoms with Crippen LogP contribution in [0.4, 0.5) is 0 Å². The van der Waals surface area contributed by atoms with Crippen molar-refractivity contribution in [3.8, 4) is 0 Å². The van der Waals surface area contributed by atoms with E-state index < -0.39 is 16.0 Å². The summed E-state index contributed by atoms with van der Waals surface area (Å²) >= 11 is 0. The van der Waals surface area contributed by atoms with Crippen LogP contribution in [0.1, 0.15) is 32.6 Å². The number of hydrogen-bond acceptors (Lipinski definition) is 4. The van der Waals surface area contributed by atoms with E-state index >= 15 is 0 Å². The summed E-state index contributed by atoms with van der Waals surface area (Å²) in [6, 6.07) is 0.147. The number of piperidine rings is 1. The maximum atomic E-state index is 11.8. The van der Waals surface area contributed by atoms with Crippen LogP contribution in [0.25, 0.3) is 0 Å². The quantitative estimate of drug-likeness (QED) is 0.510. The Morgan fingerprint density at radius 2 is 2.05 bits per heavy atom. The van der Waals surface area contributed by atoms with Crippen LogP contribution in [0.2, 0.25) is 0 Å². The molecule has 21 heavy (non-hydrogen) atoms. The molecule has 0 bridgehead atoms. The molecule has 0 aromatic rings. The monoisotopic (exact) mass is 318 g/mol. The van der Waals surface area contributed by atoms with Gasteiger partial charge in [-0.2, -0.15) is 0 Å². The van der Waals surface area contributed by atoms with Crippen LogP contribution in [0.15, 0.2) is 12.7 Å². The van der Waals surface area contributed by atoms with Crippen LogP contribution >= 0.6 is 0 Å². The minimum absolute atomic E-state index is 0.0162. The molecule has 0 aliphatic carbocycles. The Bertz CT molecular complexity index is 442. The number of nitrogens with zero attached hydrogens (tertiary/aromatic N) is 2. The van der Waals surface area contributed by atoms with Crippen molar-refractivity contribution in [1.82, 2.24) is 9.21 Å². The molecule has 1 saturated heterocycles. The van der Waals surface area contributed by atoms with Gasteiger partial charge in [-0.1, -0.05) is 6.08 Å². The number of aliphatic carboxylic acids is 1. The second-order valence-electron chi connectivity index (χ2n) is 5.33. The smallest absolute Gasteiger partial charge is 0.317 e. The van der Waals surface area contributed by atoms with Crippen molar-refractivity contribution in [3.05, 3.63) is 12.7 Å². The number of allylic oxidation sites excluding steroid dienone is 1. The van der Waals surface area contributed by atoms with Gasteiger partial charge in [-0.05, 0) is 39.2 Å². The molecular weight excluding hydrogens is 292 g/mol. The second-order valence-corrected chi connectivity index (χ2v) is 7.58. The maximum Gasteiger partial charge on any atom is 0.317 e. The molecule has 6 nitrogen and oxygen atoms in total. The molecule has 1 N–H and O–H groups in total. The first-order valence-electron chi connectivity index (χ1n) is 7.45. The molecule has 1 heterocycles. The predicted molar refractivity (Wildman–Crippen MR) is 82.7 cm³/mol. The van der Waals surface area contributed by atoms with Crippen LogP contribution in [-0.4, -0.2) is 66.7 Å². The number of carboxylic acid groups (broad SMARTS) is 1. The summed E-state index contributed by atoms with van der Waals surface area (Å²) in [5, 5.41) is 9.02. The molecular formula is C14H26N2O4S. The average molecular weight is 318 g/mol. The molecule has 0 saturated carbocycles. The molecule has 1 aliphatic rings. The lowest BCUT2D eigenvalue weighted by atomic mass is 10.0. The van der Waals surface area contributed by atoms with Crippen LogP contribution in [0.3, 0.4) is 0 Å². The molecule has 1 rings (SSSR count). The van der Waals surface area contributed by atoms with Crippen LogP contribution in [0, 0.1) is 0 Å². The summed E-state index contributed by atoms with van der Waals surface area (Å²) in [7, 11) is -3.13. The number of hydrogen-bond donors (Lipinski definition) is 1. The zero-order valence-corrected chi connectivity index (χ0v) is 13.5. The second kappa shape index (κ2) is 8.51. The van der Waals surface area contributed by atoms with E-state index in [0.717, 1.165) is 12.8 Å². The molecule has 0 unspecified atom stereocenters. The normalized spacial score (nSPS) is 18.0.